The third-order valence-electron chi connectivity index (χ3n) is 4.35. The zero-order chi connectivity index (χ0) is 16.9. The van der Waals surface area contributed by atoms with Crippen LogP contribution in [0, 0.1) is 11.6 Å². The highest BCUT2D eigenvalue weighted by atomic mass is 19.2. The Morgan fingerprint density at radius 2 is 1.62 bits per heavy atom. The second kappa shape index (κ2) is 7.53. The van der Waals surface area contributed by atoms with Crippen molar-refractivity contribution < 1.29 is 13.6 Å². The molecule has 1 amide bonds. The molecular weight excluding hydrogens is 310 g/mol. The van der Waals surface area contributed by atoms with Gasteiger partial charge >= 0.3 is 0 Å². The van der Waals surface area contributed by atoms with Crippen molar-refractivity contribution in [2.75, 3.05) is 26.2 Å². The molecule has 0 aliphatic carbocycles. The Bertz CT molecular complexity index is 698. The lowest BCUT2D eigenvalue weighted by Crippen LogP contribution is -2.48. The van der Waals surface area contributed by atoms with Gasteiger partial charge in [0.1, 0.15) is 0 Å². The van der Waals surface area contributed by atoms with Crippen LogP contribution in [-0.4, -0.2) is 41.9 Å². The first-order valence-corrected chi connectivity index (χ1v) is 8.10. The molecular formula is C19H20F2N2O. The maximum Gasteiger partial charge on any atom is 0.227 e. The third-order valence-corrected chi connectivity index (χ3v) is 4.35. The third kappa shape index (κ3) is 3.97. The molecule has 1 heterocycles. The second-order valence-electron chi connectivity index (χ2n) is 6.03. The molecule has 2 aromatic rings. The molecule has 3 rings (SSSR count). The van der Waals surface area contributed by atoms with E-state index in [0.717, 1.165) is 11.6 Å². The van der Waals surface area contributed by atoms with Crippen LogP contribution < -0.4 is 0 Å². The molecule has 0 radical (unpaired) electrons. The fraction of sp³-hybridized carbons (Fsp3) is 0.316. The first kappa shape index (κ1) is 16.6. The van der Waals surface area contributed by atoms with E-state index < -0.39 is 11.6 Å². The van der Waals surface area contributed by atoms with E-state index in [0.29, 0.717) is 44.7 Å². The smallest absolute Gasteiger partial charge is 0.227 e. The second-order valence-corrected chi connectivity index (χ2v) is 6.03. The topological polar surface area (TPSA) is 23.6 Å². The molecule has 0 bridgehead atoms. The van der Waals surface area contributed by atoms with E-state index in [9.17, 15) is 13.6 Å². The SMILES string of the molecule is O=C(Cc1ccccc1)N1CCN(Cc2cccc(F)c2F)CC1. The predicted octanol–water partition coefficient (Wildman–Crippen LogP) is 2.85. The van der Waals surface area contributed by atoms with E-state index in [1.54, 1.807) is 6.07 Å². The maximum absolute atomic E-state index is 13.7. The van der Waals surface area contributed by atoms with Gasteiger partial charge in [-0.3, -0.25) is 9.69 Å². The number of halogens is 2. The van der Waals surface area contributed by atoms with Gasteiger partial charge in [-0.2, -0.15) is 0 Å². The number of piperazine rings is 1. The molecule has 5 heteroatoms. The van der Waals surface area contributed by atoms with Crippen molar-refractivity contribution in [3.63, 3.8) is 0 Å². The average molecular weight is 330 g/mol. The van der Waals surface area contributed by atoms with Crippen LogP contribution in [0.2, 0.25) is 0 Å². The molecule has 126 valence electrons. The van der Waals surface area contributed by atoms with E-state index in [2.05, 4.69) is 0 Å². The summed E-state index contributed by atoms with van der Waals surface area (Å²) in [6.45, 7) is 2.92. The summed E-state index contributed by atoms with van der Waals surface area (Å²) in [6.07, 6.45) is 0.402. The van der Waals surface area contributed by atoms with Crippen molar-refractivity contribution in [1.29, 1.82) is 0 Å². The largest absolute Gasteiger partial charge is 0.340 e. The molecule has 0 unspecified atom stereocenters. The Morgan fingerprint density at radius 3 is 2.33 bits per heavy atom. The first-order chi connectivity index (χ1) is 11.6. The Labute approximate surface area is 140 Å². The van der Waals surface area contributed by atoms with Gasteiger partial charge in [-0.15, -0.1) is 0 Å². The molecule has 2 aromatic carbocycles. The number of hydrogen-bond acceptors (Lipinski definition) is 2. The molecule has 0 spiro atoms. The van der Waals surface area contributed by atoms with Crippen molar-refractivity contribution in [3.05, 3.63) is 71.3 Å². The van der Waals surface area contributed by atoms with Crippen LogP contribution in [0.1, 0.15) is 11.1 Å². The van der Waals surface area contributed by atoms with Crippen LogP contribution in [0.25, 0.3) is 0 Å². The van der Waals surface area contributed by atoms with Gasteiger partial charge in [0.25, 0.3) is 0 Å². The molecule has 24 heavy (non-hydrogen) atoms. The molecule has 1 aliphatic rings. The van der Waals surface area contributed by atoms with Crippen LogP contribution in [0.15, 0.2) is 48.5 Å². The normalized spacial score (nSPS) is 15.5. The Morgan fingerprint density at radius 1 is 0.917 bits per heavy atom. The van der Waals surface area contributed by atoms with E-state index in [4.69, 9.17) is 0 Å². The van der Waals surface area contributed by atoms with Crippen LogP contribution in [0.5, 0.6) is 0 Å². The average Bonchev–Trinajstić information content (AvgIpc) is 2.60. The quantitative estimate of drug-likeness (QED) is 0.861. The molecule has 3 nitrogen and oxygen atoms in total. The fourth-order valence-electron chi connectivity index (χ4n) is 2.95. The van der Waals surface area contributed by atoms with Crippen molar-refractivity contribution in [3.8, 4) is 0 Å². The van der Waals surface area contributed by atoms with E-state index in [1.165, 1.54) is 6.07 Å². The molecule has 0 N–H and O–H groups in total. The maximum atomic E-state index is 13.7. The standard InChI is InChI=1S/C19H20F2N2O/c20-17-8-4-7-16(19(17)21)14-22-9-11-23(12-10-22)18(24)13-15-5-2-1-3-6-15/h1-8H,9-14H2. The van der Waals surface area contributed by atoms with Crippen molar-refractivity contribution in [1.82, 2.24) is 9.80 Å². The lowest BCUT2D eigenvalue weighted by molar-refractivity contribution is -0.132. The number of carbonyl (C=O) groups is 1. The minimum absolute atomic E-state index is 0.109. The molecule has 1 saturated heterocycles. The summed E-state index contributed by atoms with van der Waals surface area (Å²) < 4.78 is 27.0. The molecule has 1 fully saturated rings. The highest BCUT2D eigenvalue weighted by Crippen LogP contribution is 2.15. The molecule has 0 atom stereocenters. The predicted molar refractivity (Wildman–Crippen MR) is 88.4 cm³/mol. The van der Waals surface area contributed by atoms with Gasteiger partial charge in [0.2, 0.25) is 5.91 Å². The Kier molecular flexibility index (Phi) is 5.20. The zero-order valence-electron chi connectivity index (χ0n) is 13.4. The molecule has 1 aliphatic heterocycles. The Balaban J connectivity index is 1.52. The number of amides is 1. The lowest BCUT2D eigenvalue weighted by Gasteiger charge is -2.35. The molecule has 0 saturated carbocycles. The summed E-state index contributed by atoms with van der Waals surface area (Å²) in [6, 6.07) is 13.9. The summed E-state index contributed by atoms with van der Waals surface area (Å²) in [5.41, 5.74) is 1.37. The monoisotopic (exact) mass is 330 g/mol. The zero-order valence-corrected chi connectivity index (χ0v) is 13.4. The number of benzene rings is 2. The molecule has 0 aromatic heterocycles. The summed E-state index contributed by atoms with van der Waals surface area (Å²) in [4.78, 5) is 16.2. The van der Waals surface area contributed by atoms with Crippen molar-refractivity contribution >= 4 is 5.91 Å². The minimum Gasteiger partial charge on any atom is -0.340 e. The number of rotatable bonds is 4. The lowest BCUT2D eigenvalue weighted by atomic mass is 10.1. The van der Waals surface area contributed by atoms with Crippen LogP contribution >= 0.6 is 0 Å². The minimum atomic E-state index is -0.816. The van der Waals surface area contributed by atoms with E-state index >= 15 is 0 Å². The van der Waals surface area contributed by atoms with Gasteiger partial charge in [-0.25, -0.2) is 8.78 Å². The highest BCUT2D eigenvalue weighted by molar-refractivity contribution is 5.78. The summed E-state index contributed by atoms with van der Waals surface area (Å²) in [7, 11) is 0. The fourth-order valence-corrected chi connectivity index (χ4v) is 2.95. The summed E-state index contributed by atoms with van der Waals surface area (Å²) in [5.74, 6) is -1.48. The van der Waals surface area contributed by atoms with Crippen LogP contribution in [0.4, 0.5) is 8.78 Å². The van der Waals surface area contributed by atoms with E-state index in [-0.39, 0.29) is 5.91 Å². The van der Waals surface area contributed by atoms with Gasteiger partial charge < -0.3 is 4.90 Å². The summed E-state index contributed by atoms with van der Waals surface area (Å²) >= 11 is 0. The first-order valence-electron chi connectivity index (χ1n) is 8.10. The van der Waals surface area contributed by atoms with Crippen LogP contribution in [0.3, 0.4) is 0 Å². The van der Waals surface area contributed by atoms with Gasteiger partial charge in [-0.1, -0.05) is 42.5 Å². The van der Waals surface area contributed by atoms with Crippen LogP contribution in [-0.2, 0) is 17.8 Å². The van der Waals surface area contributed by atoms with Gasteiger partial charge in [0, 0.05) is 38.3 Å². The number of nitrogens with zero attached hydrogens (tertiary/aromatic N) is 2. The number of hydrogen-bond donors (Lipinski definition) is 0. The summed E-state index contributed by atoms with van der Waals surface area (Å²) in [5, 5.41) is 0. The van der Waals surface area contributed by atoms with E-state index in [1.807, 2.05) is 40.1 Å². The van der Waals surface area contributed by atoms with Gasteiger partial charge in [-0.05, 0) is 11.6 Å². The van der Waals surface area contributed by atoms with Gasteiger partial charge in [0.05, 0.1) is 6.42 Å². The van der Waals surface area contributed by atoms with Crippen molar-refractivity contribution in [2.45, 2.75) is 13.0 Å². The highest BCUT2D eigenvalue weighted by Gasteiger charge is 2.22. The van der Waals surface area contributed by atoms with Gasteiger partial charge in [0.15, 0.2) is 11.6 Å². The number of carbonyl (C=O) groups excluding carboxylic acids is 1. The Hall–Kier alpha value is -2.27. The van der Waals surface area contributed by atoms with Crippen molar-refractivity contribution in [2.24, 2.45) is 0 Å².